The van der Waals surface area contributed by atoms with Gasteiger partial charge in [0, 0.05) is 25.8 Å². The number of benzene rings is 1. The highest BCUT2D eigenvalue weighted by atomic mass is 16.6. The summed E-state index contributed by atoms with van der Waals surface area (Å²) in [5, 5.41) is 6.64. The van der Waals surface area contributed by atoms with Crippen molar-refractivity contribution in [2.45, 2.75) is 44.7 Å². The Morgan fingerprint density at radius 2 is 1.93 bits per heavy atom. The first kappa shape index (κ1) is 21.0. The van der Waals surface area contributed by atoms with E-state index in [1.807, 2.05) is 24.3 Å². The average Bonchev–Trinajstić information content (AvgIpc) is 3.16. The minimum absolute atomic E-state index is 0.00463. The van der Waals surface area contributed by atoms with E-state index in [1.165, 1.54) is 19.3 Å². The molecule has 0 aromatic heterocycles. The van der Waals surface area contributed by atoms with Gasteiger partial charge in [0.25, 0.3) is 0 Å². The third-order valence-corrected chi connectivity index (χ3v) is 5.28. The van der Waals surface area contributed by atoms with Crippen LogP contribution in [-0.2, 0) is 16.1 Å². The van der Waals surface area contributed by atoms with E-state index < -0.39 is 0 Å². The third kappa shape index (κ3) is 6.10. The van der Waals surface area contributed by atoms with Crippen LogP contribution < -0.4 is 15.5 Å². The molecule has 0 unspecified atom stereocenters. The molecule has 3 rings (SSSR count). The van der Waals surface area contributed by atoms with Crippen LogP contribution in [0.25, 0.3) is 0 Å². The maximum absolute atomic E-state index is 11.9. The van der Waals surface area contributed by atoms with Crippen molar-refractivity contribution < 1.29 is 14.3 Å². The number of amides is 2. The number of hydrogen-bond acceptors (Lipinski definition) is 4. The van der Waals surface area contributed by atoms with Crippen LogP contribution in [0.4, 0.5) is 10.5 Å². The van der Waals surface area contributed by atoms with Crippen molar-refractivity contribution >= 4 is 23.6 Å². The molecule has 1 aliphatic heterocycles. The number of ether oxygens (including phenoxy) is 1. The van der Waals surface area contributed by atoms with Gasteiger partial charge in [-0.2, -0.15) is 0 Å². The number of likely N-dealkylation sites (N-methyl/N-ethyl adjacent to an activating group) is 1. The Labute approximate surface area is 172 Å². The molecule has 158 valence electrons. The SMILES string of the molecule is CN(C)C(=O)CNC(=NCc1ccc(N2CCOC2=O)cc1)NC1CCCCC1. The van der Waals surface area contributed by atoms with Crippen LogP contribution in [0, 0.1) is 0 Å². The largest absolute Gasteiger partial charge is 0.447 e. The summed E-state index contributed by atoms with van der Waals surface area (Å²) in [6, 6.07) is 8.15. The van der Waals surface area contributed by atoms with E-state index in [2.05, 4.69) is 15.6 Å². The molecule has 2 fully saturated rings. The molecule has 2 N–H and O–H groups in total. The number of anilines is 1. The van der Waals surface area contributed by atoms with Gasteiger partial charge in [-0.3, -0.25) is 9.69 Å². The van der Waals surface area contributed by atoms with E-state index in [-0.39, 0.29) is 18.5 Å². The predicted octanol–water partition coefficient (Wildman–Crippen LogP) is 2.10. The molecule has 0 spiro atoms. The van der Waals surface area contributed by atoms with Crippen LogP contribution in [0.5, 0.6) is 0 Å². The normalized spacial score (nSPS) is 17.8. The standard InChI is InChI=1S/C21H31N5O3/c1-25(2)19(27)15-23-20(24-17-6-4-3-5-7-17)22-14-16-8-10-18(11-9-16)26-12-13-29-21(26)28/h8-11,17H,3-7,12-15H2,1-2H3,(H2,22,23,24). The molecule has 29 heavy (non-hydrogen) atoms. The number of hydrogen-bond donors (Lipinski definition) is 2. The van der Waals surface area contributed by atoms with E-state index in [4.69, 9.17) is 4.74 Å². The van der Waals surface area contributed by atoms with Gasteiger partial charge in [-0.1, -0.05) is 31.4 Å². The maximum atomic E-state index is 11.9. The molecule has 8 heteroatoms. The summed E-state index contributed by atoms with van der Waals surface area (Å²) in [6.45, 7) is 1.71. The molecule has 1 saturated heterocycles. The number of guanidine groups is 1. The third-order valence-electron chi connectivity index (χ3n) is 5.28. The van der Waals surface area contributed by atoms with Gasteiger partial charge in [-0.05, 0) is 30.5 Å². The number of carbonyl (C=O) groups excluding carboxylic acids is 2. The fourth-order valence-corrected chi connectivity index (χ4v) is 3.49. The Morgan fingerprint density at radius 1 is 1.21 bits per heavy atom. The van der Waals surface area contributed by atoms with Gasteiger partial charge in [0.1, 0.15) is 6.61 Å². The predicted molar refractivity (Wildman–Crippen MR) is 113 cm³/mol. The minimum Gasteiger partial charge on any atom is -0.447 e. The number of carbonyl (C=O) groups is 2. The first-order valence-corrected chi connectivity index (χ1v) is 10.3. The number of rotatable bonds is 6. The summed E-state index contributed by atoms with van der Waals surface area (Å²) in [7, 11) is 3.49. The molecule has 2 aliphatic rings. The van der Waals surface area contributed by atoms with Gasteiger partial charge in [0.2, 0.25) is 5.91 Å². The van der Waals surface area contributed by atoms with Crippen LogP contribution in [0.1, 0.15) is 37.7 Å². The van der Waals surface area contributed by atoms with Crippen LogP contribution in [0.15, 0.2) is 29.3 Å². The van der Waals surface area contributed by atoms with E-state index in [0.717, 1.165) is 24.1 Å². The lowest BCUT2D eigenvalue weighted by Crippen LogP contribution is -2.47. The van der Waals surface area contributed by atoms with Crippen LogP contribution in [0.3, 0.4) is 0 Å². The number of cyclic esters (lactones) is 1. The molecule has 1 aliphatic carbocycles. The maximum Gasteiger partial charge on any atom is 0.414 e. The highest BCUT2D eigenvalue weighted by molar-refractivity contribution is 5.89. The Morgan fingerprint density at radius 3 is 2.55 bits per heavy atom. The second-order valence-corrected chi connectivity index (χ2v) is 7.72. The smallest absolute Gasteiger partial charge is 0.414 e. The Bertz CT molecular complexity index is 726. The highest BCUT2D eigenvalue weighted by Crippen LogP contribution is 2.20. The van der Waals surface area contributed by atoms with Crippen LogP contribution >= 0.6 is 0 Å². The molecule has 1 aromatic carbocycles. The van der Waals surface area contributed by atoms with Gasteiger partial charge in [-0.15, -0.1) is 0 Å². The zero-order chi connectivity index (χ0) is 20.6. The zero-order valence-electron chi connectivity index (χ0n) is 17.3. The Kier molecular flexibility index (Phi) is 7.32. The van der Waals surface area contributed by atoms with E-state index >= 15 is 0 Å². The van der Waals surface area contributed by atoms with Gasteiger partial charge in [0.15, 0.2) is 5.96 Å². The van der Waals surface area contributed by atoms with Crippen molar-refractivity contribution in [3.63, 3.8) is 0 Å². The fraction of sp³-hybridized carbons (Fsp3) is 0.571. The Balaban J connectivity index is 1.62. The fourth-order valence-electron chi connectivity index (χ4n) is 3.49. The molecule has 0 atom stereocenters. The lowest BCUT2D eigenvalue weighted by molar-refractivity contribution is -0.127. The lowest BCUT2D eigenvalue weighted by Gasteiger charge is -2.25. The molecule has 0 bridgehead atoms. The second kappa shape index (κ2) is 10.1. The van der Waals surface area contributed by atoms with E-state index in [0.29, 0.717) is 31.7 Å². The van der Waals surface area contributed by atoms with Crippen LogP contribution in [0.2, 0.25) is 0 Å². The van der Waals surface area contributed by atoms with Gasteiger partial charge in [-0.25, -0.2) is 9.79 Å². The van der Waals surface area contributed by atoms with Crippen molar-refractivity contribution in [1.82, 2.24) is 15.5 Å². The molecule has 8 nitrogen and oxygen atoms in total. The quantitative estimate of drug-likeness (QED) is 0.563. The first-order valence-electron chi connectivity index (χ1n) is 10.3. The lowest BCUT2D eigenvalue weighted by atomic mass is 9.96. The number of aliphatic imine (C=N–C) groups is 1. The summed E-state index contributed by atoms with van der Waals surface area (Å²) in [5.74, 6) is 0.671. The number of nitrogens with one attached hydrogen (secondary N) is 2. The molecule has 2 amide bonds. The summed E-state index contributed by atoms with van der Waals surface area (Å²) < 4.78 is 4.98. The van der Waals surface area contributed by atoms with Crippen molar-refractivity contribution in [3.8, 4) is 0 Å². The van der Waals surface area contributed by atoms with E-state index in [9.17, 15) is 9.59 Å². The molecular weight excluding hydrogens is 370 g/mol. The summed E-state index contributed by atoms with van der Waals surface area (Å²) in [6.07, 6.45) is 5.69. The first-order chi connectivity index (χ1) is 14.0. The highest BCUT2D eigenvalue weighted by Gasteiger charge is 2.23. The Hall–Kier alpha value is -2.77. The van der Waals surface area contributed by atoms with Crippen molar-refractivity contribution in [2.24, 2.45) is 4.99 Å². The topological polar surface area (TPSA) is 86.3 Å². The van der Waals surface area contributed by atoms with Gasteiger partial charge in [0.05, 0.1) is 19.6 Å². The molecule has 1 heterocycles. The summed E-state index contributed by atoms with van der Waals surface area (Å²) >= 11 is 0. The number of nitrogens with zero attached hydrogens (tertiary/aromatic N) is 3. The summed E-state index contributed by atoms with van der Waals surface area (Å²) in [5.41, 5.74) is 1.86. The van der Waals surface area contributed by atoms with Gasteiger partial charge >= 0.3 is 6.09 Å². The molecule has 1 saturated carbocycles. The van der Waals surface area contributed by atoms with E-state index in [1.54, 1.807) is 23.9 Å². The van der Waals surface area contributed by atoms with Crippen molar-refractivity contribution in [1.29, 1.82) is 0 Å². The second-order valence-electron chi connectivity index (χ2n) is 7.72. The molecule has 0 radical (unpaired) electrons. The van der Waals surface area contributed by atoms with Crippen molar-refractivity contribution in [3.05, 3.63) is 29.8 Å². The van der Waals surface area contributed by atoms with Gasteiger partial charge < -0.3 is 20.3 Å². The van der Waals surface area contributed by atoms with Crippen LogP contribution in [-0.4, -0.2) is 62.7 Å². The molecular formula is C21H31N5O3. The monoisotopic (exact) mass is 401 g/mol. The summed E-state index contributed by atoms with van der Waals surface area (Å²) in [4.78, 5) is 31.5. The zero-order valence-corrected chi connectivity index (χ0v) is 17.3. The molecule has 1 aromatic rings. The average molecular weight is 402 g/mol. The minimum atomic E-state index is -0.301. The van der Waals surface area contributed by atoms with Crippen molar-refractivity contribution in [2.75, 3.05) is 38.7 Å².